The number of H-pyrrole nitrogens is 1. The minimum atomic E-state index is -0.330. The summed E-state index contributed by atoms with van der Waals surface area (Å²) < 4.78 is 5.13. The van der Waals surface area contributed by atoms with E-state index in [0.29, 0.717) is 17.0 Å². The van der Waals surface area contributed by atoms with Crippen LogP contribution in [0.1, 0.15) is 5.56 Å². The van der Waals surface area contributed by atoms with E-state index in [1.807, 2.05) is 30.3 Å². The Balaban J connectivity index is 2.47. The van der Waals surface area contributed by atoms with Gasteiger partial charge in [-0.3, -0.25) is 4.79 Å². The lowest BCUT2D eigenvalue weighted by Gasteiger charge is -2.04. The predicted octanol–water partition coefficient (Wildman–Crippen LogP) is 1.51. The SMILES string of the molecule is COc1cccc(-c2cc(CC#N)c(=O)[nH]n2)c1. The van der Waals surface area contributed by atoms with Gasteiger partial charge in [-0.05, 0) is 18.2 Å². The minimum Gasteiger partial charge on any atom is -0.497 e. The predicted molar refractivity (Wildman–Crippen MR) is 66.2 cm³/mol. The molecule has 0 aliphatic heterocycles. The molecule has 2 rings (SSSR count). The van der Waals surface area contributed by atoms with Crippen LogP contribution in [0.2, 0.25) is 0 Å². The molecule has 5 heteroatoms. The molecule has 0 unspecified atom stereocenters. The Morgan fingerprint density at radius 2 is 2.28 bits per heavy atom. The molecule has 0 aliphatic rings. The fraction of sp³-hybridized carbons (Fsp3) is 0.154. The number of nitriles is 1. The molecule has 5 nitrogen and oxygen atoms in total. The van der Waals surface area contributed by atoms with Crippen molar-refractivity contribution in [2.75, 3.05) is 7.11 Å². The summed E-state index contributed by atoms with van der Waals surface area (Å²) in [5.41, 5.74) is 1.51. The van der Waals surface area contributed by atoms with Crippen LogP contribution < -0.4 is 10.3 Å². The number of nitrogens with one attached hydrogen (secondary N) is 1. The van der Waals surface area contributed by atoms with Crippen LogP contribution in [0.25, 0.3) is 11.3 Å². The van der Waals surface area contributed by atoms with Crippen molar-refractivity contribution in [1.29, 1.82) is 5.26 Å². The molecular weight excluding hydrogens is 230 g/mol. The molecule has 18 heavy (non-hydrogen) atoms. The average molecular weight is 241 g/mol. The number of aromatic nitrogens is 2. The number of hydrogen-bond acceptors (Lipinski definition) is 4. The van der Waals surface area contributed by atoms with Crippen molar-refractivity contribution >= 4 is 0 Å². The second-order valence-corrected chi connectivity index (χ2v) is 3.67. The highest BCUT2D eigenvalue weighted by Crippen LogP contribution is 2.21. The lowest BCUT2D eigenvalue weighted by molar-refractivity contribution is 0.415. The Morgan fingerprint density at radius 1 is 1.44 bits per heavy atom. The molecular formula is C13H11N3O2. The highest BCUT2D eigenvalue weighted by molar-refractivity contribution is 5.61. The van der Waals surface area contributed by atoms with Crippen molar-refractivity contribution in [2.45, 2.75) is 6.42 Å². The highest BCUT2D eigenvalue weighted by atomic mass is 16.5. The molecule has 2 aromatic rings. The second kappa shape index (κ2) is 5.15. The first-order valence-corrected chi connectivity index (χ1v) is 5.34. The maximum Gasteiger partial charge on any atom is 0.268 e. The molecule has 1 N–H and O–H groups in total. The fourth-order valence-corrected chi connectivity index (χ4v) is 1.59. The van der Waals surface area contributed by atoms with E-state index in [2.05, 4.69) is 10.2 Å². The van der Waals surface area contributed by atoms with Gasteiger partial charge in [-0.1, -0.05) is 12.1 Å². The lowest BCUT2D eigenvalue weighted by atomic mass is 10.1. The van der Waals surface area contributed by atoms with Gasteiger partial charge >= 0.3 is 0 Å². The van der Waals surface area contributed by atoms with Gasteiger partial charge in [-0.2, -0.15) is 10.4 Å². The molecule has 0 amide bonds. The first-order valence-electron chi connectivity index (χ1n) is 5.34. The van der Waals surface area contributed by atoms with E-state index in [9.17, 15) is 4.79 Å². The van der Waals surface area contributed by atoms with Crippen LogP contribution in [0.3, 0.4) is 0 Å². The van der Waals surface area contributed by atoms with Crippen LogP contribution in [0.4, 0.5) is 0 Å². The maximum absolute atomic E-state index is 11.4. The van der Waals surface area contributed by atoms with Gasteiger partial charge in [0.05, 0.1) is 25.3 Å². The van der Waals surface area contributed by atoms with E-state index in [1.165, 1.54) is 0 Å². The fourth-order valence-electron chi connectivity index (χ4n) is 1.59. The van der Waals surface area contributed by atoms with Crippen molar-refractivity contribution in [3.63, 3.8) is 0 Å². The summed E-state index contributed by atoms with van der Waals surface area (Å²) in [6, 6.07) is 10.9. The van der Waals surface area contributed by atoms with Crippen LogP contribution >= 0.6 is 0 Å². The Kier molecular flexibility index (Phi) is 3.39. The Labute approximate surface area is 104 Å². The van der Waals surface area contributed by atoms with Gasteiger partial charge in [-0.25, -0.2) is 5.10 Å². The molecule has 0 atom stereocenters. The number of nitrogens with zero attached hydrogens (tertiary/aromatic N) is 2. The highest BCUT2D eigenvalue weighted by Gasteiger charge is 2.05. The van der Waals surface area contributed by atoms with Gasteiger partial charge in [-0.15, -0.1) is 0 Å². The molecule has 1 aromatic carbocycles. The third kappa shape index (κ3) is 2.38. The molecule has 0 fully saturated rings. The van der Waals surface area contributed by atoms with Crippen molar-refractivity contribution in [2.24, 2.45) is 0 Å². The molecule has 1 heterocycles. The van der Waals surface area contributed by atoms with Gasteiger partial charge in [0.2, 0.25) is 0 Å². The lowest BCUT2D eigenvalue weighted by Crippen LogP contribution is -2.14. The normalized spacial score (nSPS) is 9.78. The summed E-state index contributed by atoms with van der Waals surface area (Å²) in [6.45, 7) is 0. The monoisotopic (exact) mass is 241 g/mol. The second-order valence-electron chi connectivity index (χ2n) is 3.67. The number of aromatic amines is 1. The summed E-state index contributed by atoms with van der Waals surface area (Å²) >= 11 is 0. The molecule has 0 saturated heterocycles. The van der Waals surface area contributed by atoms with Crippen LogP contribution in [-0.2, 0) is 6.42 Å². The number of methoxy groups -OCH3 is 1. The standard InChI is InChI=1S/C13H11N3O2/c1-18-11-4-2-3-9(7-11)12-8-10(5-6-14)13(17)16-15-12/h2-4,7-8H,5H2,1H3,(H,16,17). The number of benzene rings is 1. The van der Waals surface area contributed by atoms with E-state index in [4.69, 9.17) is 10.00 Å². The van der Waals surface area contributed by atoms with Crippen LogP contribution in [0.5, 0.6) is 5.75 Å². The van der Waals surface area contributed by atoms with Gasteiger partial charge in [0, 0.05) is 11.1 Å². The van der Waals surface area contributed by atoms with E-state index in [1.54, 1.807) is 13.2 Å². The first kappa shape index (κ1) is 11.9. The van der Waals surface area contributed by atoms with Gasteiger partial charge in [0.15, 0.2) is 0 Å². The van der Waals surface area contributed by atoms with Gasteiger partial charge < -0.3 is 4.74 Å². The van der Waals surface area contributed by atoms with Crippen molar-refractivity contribution < 1.29 is 4.74 Å². The Morgan fingerprint density at radius 3 is 3.00 bits per heavy atom. The van der Waals surface area contributed by atoms with Gasteiger partial charge in [0.25, 0.3) is 5.56 Å². The van der Waals surface area contributed by atoms with Crippen molar-refractivity contribution in [3.8, 4) is 23.1 Å². The summed E-state index contributed by atoms with van der Waals surface area (Å²) in [4.78, 5) is 11.4. The van der Waals surface area contributed by atoms with E-state index >= 15 is 0 Å². The Bertz CT molecular complexity index is 656. The quantitative estimate of drug-likeness (QED) is 0.883. The summed E-state index contributed by atoms with van der Waals surface area (Å²) in [5, 5.41) is 15.0. The summed E-state index contributed by atoms with van der Waals surface area (Å²) in [6.07, 6.45) is 0.0643. The van der Waals surface area contributed by atoms with Crippen LogP contribution in [-0.4, -0.2) is 17.3 Å². The van der Waals surface area contributed by atoms with E-state index in [-0.39, 0.29) is 12.0 Å². The zero-order chi connectivity index (χ0) is 13.0. The van der Waals surface area contributed by atoms with Crippen LogP contribution in [0.15, 0.2) is 35.1 Å². The molecule has 90 valence electrons. The summed E-state index contributed by atoms with van der Waals surface area (Å²) in [7, 11) is 1.58. The molecule has 0 spiro atoms. The van der Waals surface area contributed by atoms with Crippen molar-refractivity contribution in [3.05, 3.63) is 46.2 Å². The molecule has 0 bridgehead atoms. The topological polar surface area (TPSA) is 78.8 Å². The average Bonchev–Trinajstić information content (AvgIpc) is 2.41. The minimum absolute atomic E-state index is 0.0643. The van der Waals surface area contributed by atoms with E-state index in [0.717, 1.165) is 5.56 Å². The zero-order valence-electron chi connectivity index (χ0n) is 9.80. The molecule has 0 radical (unpaired) electrons. The molecule has 0 saturated carbocycles. The number of rotatable bonds is 3. The maximum atomic E-state index is 11.4. The smallest absolute Gasteiger partial charge is 0.268 e. The largest absolute Gasteiger partial charge is 0.497 e. The zero-order valence-corrected chi connectivity index (χ0v) is 9.80. The van der Waals surface area contributed by atoms with Crippen molar-refractivity contribution in [1.82, 2.24) is 10.2 Å². The number of hydrogen-bond donors (Lipinski definition) is 1. The molecule has 1 aromatic heterocycles. The third-order valence-corrected chi connectivity index (χ3v) is 2.52. The summed E-state index contributed by atoms with van der Waals surface area (Å²) in [5.74, 6) is 0.710. The first-order chi connectivity index (χ1) is 8.74. The third-order valence-electron chi connectivity index (χ3n) is 2.52. The van der Waals surface area contributed by atoms with Gasteiger partial charge in [0.1, 0.15) is 5.75 Å². The molecule has 0 aliphatic carbocycles. The van der Waals surface area contributed by atoms with E-state index < -0.39 is 0 Å². The Hall–Kier alpha value is -2.61. The number of ether oxygens (including phenoxy) is 1. The van der Waals surface area contributed by atoms with Crippen LogP contribution in [0, 0.1) is 11.3 Å².